The first-order chi connectivity index (χ1) is 8.32. The Labute approximate surface area is 104 Å². The highest BCUT2D eigenvalue weighted by molar-refractivity contribution is 5.15. The zero-order valence-corrected chi connectivity index (χ0v) is 10.4. The molecule has 0 radical (unpaired) electrons. The van der Waals surface area contributed by atoms with E-state index in [1.165, 1.54) is 37.9 Å². The Morgan fingerprint density at radius 3 is 2.53 bits per heavy atom. The normalized spacial score (nSPS) is 27.2. The lowest BCUT2D eigenvalue weighted by Gasteiger charge is -2.42. The molecule has 1 aromatic rings. The van der Waals surface area contributed by atoms with E-state index in [0.717, 1.165) is 19.0 Å². The predicted molar refractivity (Wildman–Crippen MR) is 70.5 cm³/mol. The van der Waals surface area contributed by atoms with E-state index in [4.69, 9.17) is 5.73 Å². The molecule has 1 aliphatic carbocycles. The predicted octanol–water partition coefficient (Wildman–Crippen LogP) is 2.25. The van der Waals surface area contributed by atoms with Gasteiger partial charge in [0.05, 0.1) is 0 Å². The number of rotatable bonds is 3. The summed E-state index contributed by atoms with van der Waals surface area (Å²) >= 11 is 0. The van der Waals surface area contributed by atoms with Crippen LogP contribution in [-0.4, -0.2) is 24.5 Å². The van der Waals surface area contributed by atoms with E-state index >= 15 is 0 Å². The SMILES string of the molecule is NC[C@H]1CN(Cc2ccccc2)CC12CCC2. The Hall–Kier alpha value is -0.860. The van der Waals surface area contributed by atoms with Gasteiger partial charge in [-0.1, -0.05) is 36.8 Å². The van der Waals surface area contributed by atoms with Crippen LogP contribution in [0.1, 0.15) is 24.8 Å². The van der Waals surface area contributed by atoms with Crippen molar-refractivity contribution in [2.45, 2.75) is 25.8 Å². The van der Waals surface area contributed by atoms with Crippen LogP contribution in [0, 0.1) is 11.3 Å². The van der Waals surface area contributed by atoms with E-state index in [0.29, 0.717) is 5.41 Å². The molecule has 0 bridgehead atoms. The second-order valence-electron chi connectivity index (χ2n) is 5.80. The Kier molecular flexibility index (Phi) is 2.93. The molecule has 1 aliphatic heterocycles. The third-order valence-corrected chi connectivity index (χ3v) is 4.77. The summed E-state index contributed by atoms with van der Waals surface area (Å²) in [5.41, 5.74) is 7.96. The molecular weight excluding hydrogens is 208 g/mol. The largest absolute Gasteiger partial charge is 0.330 e. The number of hydrogen-bond donors (Lipinski definition) is 1. The number of likely N-dealkylation sites (tertiary alicyclic amines) is 1. The van der Waals surface area contributed by atoms with Gasteiger partial charge in [0.1, 0.15) is 0 Å². The van der Waals surface area contributed by atoms with Crippen molar-refractivity contribution >= 4 is 0 Å². The molecule has 92 valence electrons. The van der Waals surface area contributed by atoms with Crippen LogP contribution in [0.3, 0.4) is 0 Å². The maximum absolute atomic E-state index is 5.95. The van der Waals surface area contributed by atoms with Crippen molar-refractivity contribution in [1.82, 2.24) is 4.90 Å². The summed E-state index contributed by atoms with van der Waals surface area (Å²) in [5.74, 6) is 0.736. The minimum atomic E-state index is 0.587. The van der Waals surface area contributed by atoms with Gasteiger partial charge in [0.15, 0.2) is 0 Å². The van der Waals surface area contributed by atoms with Gasteiger partial charge >= 0.3 is 0 Å². The Morgan fingerprint density at radius 1 is 1.24 bits per heavy atom. The van der Waals surface area contributed by atoms with Crippen molar-refractivity contribution < 1.29 is 0 Å². The van der Waals surface area contributed by atoms with Crippen molar-refractivity contribution in [1.29, 1.82) is 0 Å². The van der Waals surface area contributed by atoms with Crippen molar-refractivity contribution in [2.24, 2.45) is 17.1 Å². The summed E-state index contributed by atoms with van der Waals surface area (Å²) in [6, 6.07) is 10.8. The highest BCUT2D eigenvalue weighted by Crippen LogP contribution is 2.51. The van der Waals surface area contributed by atoms with Crippen molar-refractivity contribution in [3.05, 3.63) is 35.9 Å². The molecule has 0 unspecified atom stereocenters. The summed E-state index contributed by atoms with van der Waals surface area (Å²) in [6.45, 7) is 4.43. The molecule has 1 saturated carbocycles. The van der Waals surface area contributed by atoms with Crippen molar-refractivity contribution in [2.75, 3.05) is 19.6 Å². The molecule has 1 heterocycles. The van der Waals surface area contributed by atoms with Gasteiger partial charge in [-0.05, 0) is 36.3 Å². The van der Waals surface area contributed by atoms with Crippen LogP contribution in [0.2, 0.25) is 0 Å². The number of benzene rings is 1. The quantitative estimate of drug-likeness (QED) is 0.863. The molecular formula is C15H22N2. The third kappa shape index (κ3) is 2.00. The smallest absolute Gasteiger partial charge is 0.0234 e. The zero-order valence-electron chi connectivity index (χ0n) is 10.4. The zero-order chi connectivity index (χ0) is 11.7. The molecule has 0 amide bonds. The van der Waals surface area contributed by atoms with Gasteiger partial charge in [-0.3, -0.25) is 4.90 Å². The summed E-state index contributed by atoms with van der Waals surface area (Å²) < 4.78 is 0. The fourth-order valence-electron chi connectivity index (χ4n) is 3.63. The average molecular weight is 230 g/mol. The fraction of sp³-hybridized carbons (Fsp3) is 0.600. The fourth-order valence-corrected chi connectivity index (χ4v) is 3.63. The molecule has 17 heavy (non-hydrogen) atoms. The monoisotopic (exact) mass is 230 g/mol. The molecule has 2 nitrogen and oxygen atoms in total. The van der Waals surface area contributed by atoms with Gasteiger partial charge in [0, 0.05) is 19.6 Å². The van der Waals surface area contributed by atoms with E-state index in [9.17, 15) is 0 Å². The van der Waals surface area contributed by atoms with Gasteiger partial charge in [-0.25, -0.2) is 0 Å². The minimum Gasteiger partial charge on any atom is -0.330 e. The highest BCUT2D eigenvalue weighted by Gasteiger charge is 2.49. The van der Waals surface area contributed by atoms with Gasteiger partial charge in [0.25, 0.3) is 0 Å². The highest BCUT2D eigenvalue weighted by atomic mass is 15.2. The molecule has 1 aromatic carbocycles. The molecule has 2 heteroatoms. The molecule has 2 N–H and O–H groups in total. The molecule has 2 aliphatic rings. The van der Waals surface area contributed by atoms with Crippen LogP contribution >= 0.6 is 0 Å². The Morgan fingerprint density at radius 2 is 2.00 bits per heavy atom. The van der Waals surface area contributed by atoms with Crippen LogP contribution < -0.4 is 5.73 Å². The lowest BCUT2D eigenvalue weighted by molar-refractivity contribution is 0.0934. The number of nitrogens with zero attached hydrogens (tertiary/aromatic N) is 1. The second kappa shape index (κ2) is 4.43. The first kappa shape index (κ1) is 11.2. The summed E-state index contributed by atoms with van der Waals surface area (Å²) in [6.07, 6.45) is 4.22. The lowest BCUT2D eigenvalue weighted by Crippen LogP contribution is -2.40. The van der Waals surface area contributed by atoms with Crippen LogP contribution in [0.5, 0.6) is 0 Å². The maximum Gasteiger partial charge on any atom is 0.0234 e. The van der Waals surface area contributed by atoms with E-state index in [2.05, 4.69) is 35.2 Å². The third-order valence-electron chi connectivity index (χ3n) is 4.77. The minimum absolute atomic E-state index is 0.587. The average Bonchev–Trinajstić information content (AvgIpc) is 2.69. The summed E-state index contributed by atoms with van der Waals surface area (Å²) in [5, 5.41) is 0. The molecule has 0 aromatic heterocycles. The van der Waals surface area contributed by atoms with Gasteiger partial charge in [0.2, 0.25) is 0 Å². The topological polar surface area (TPSA) is 29.3 Å². The van der Waals surface area contributed by atoms with Crippen LogP contribution in [-0.2, 0) is 6.54 Å². The van der Waals surface area contributed by atoms with Gasteiger partial charge in [-0.15, -0.1) is 0 Å². The number of nitrogens with two attached hydrogens (primary N) is 1. The van der Waals surface area contributed by atoms with E-state index in [1.54, 1.807) is 0 Å². The molecule has 3 rings (SSSR count). The first-order valence-corrected chi connectivity index (χ1v) is 6.79. The van der Waals surface area contributed by atoms with E-state index in [1.807, 2.05) is 0 Å². The van der Waals surface area contributed by atoms with Crippen LogP contribution in [0.25, 0.3) is 0 Å². The van der Waals surface area contributed by atoms with E-state index in [-0.39, 0.29) is 0 Å². The molecule has 2 fully saturated rings. The van der Waals surface area contributed by atoms with Gasteiger partial charge in [-0.2, -0.15) is 0 Å². The number of hydrogen-bond acceptors (Lipinski definition) is 2. The van der Waals surface area contributed by atoms with Crippen LogP contribution in [0.4, 0.5) is 0 Å². The molecule has 1 saturated heterocycles. The standard InChI is InChI=1S/C15H22N2/c16-9-14-11-17(12-15(14)7-4-8-15)10-13-5-2-1-3-6-13/h1-3,5-6,14H,4,7-12,16H2/t14-/m0/s1. The first-order valence-electron chi connectivity index (χ1n) is 6.79. The summed E-state index contributed by atoms with van der Waals surface area (Å²) in [7, 11) is 0. The molecule has 1 spiro atoms. The van der Waals surface area contributed by atoms with Crippen molar-refractivity contribution in [3.63, 3.8) is 0 Å². The molecule has 1 atom stereocenters. The van der Waals surface area contributed by atoms with Gasteiger partial charge < -0.3 is 5.73 Å². The van der Waals surface area contributed by atoms with E-state index < -0.39 is 0 Å². The van der Waals surface area contributed by atoms with Crippen molar-refractivity contribution in [3.8, 4) is 0 Å². The Balaban J connectivity index is 1.67. The summed E-state index contributed by atoms with van der Waals surface area (Å²) in [4.78, 5) is 2.60. The Bertz CT molecular complexity index is 370. The lowest BCUT2D eigenvalue weighted by atomic mass is 9.63. The van der Waals surface area contributed by atoms with Crippen LogP contribution in [0.15, 0.2) is 30.3 Å². The second-order valence-corrected chi connectivity index (χ2v) is 5.80. The maximum atomic E-state index is 5.95.